The summed E-state index contributed by atoms with van der Waals surface area (Å²) < 4.78 is 6.30. The van der Waals surface area contributed by atoms with E-state index in [9.17, 15) is 10.1 Å². The quantitative estimate of drug-likeness (QED) is 0.636. The number of nitro benzene ring substituents is 1. The van der Waals surface area contributed by atoms with Gasteiger partial charge in [-0.2, -0.15) is 0 Å². The second-order valence-electron chi connectivity index (χ2n) is 3.24. The van der Waals surface area contributed by atoms with Crippen molar-refractivity contribution in [3.05, 3.63) is 44.0 Å². The van der Waals surface area contributed by atoms with E-state index >= 15 is 0 Å². The van der Waals surface area contributed by atoms with Crippen molar-refractivity contribution < 1.29 is 9.66 Å². The molecule has 0 aliphatic carbocycles. The van der Waals surface area contributed by atoms with Gasteiger partial charge in [0.2, 0.25) is 5.06 Å². The molecular formula is C10H7BrN2O3S. The smallest absolute Gasteiger partial charge is 0.269 e. The summed E-state index contributed by atoms with van der Waals surface area (Å²) in [6, 6.07) is 4.48. The minimum atomic E-state index is -0.430. The zero-order valence-electron chi connectivity index (χ0n) is 8.71. The molecule has 88 valence electrons. The lowest BCUT2D eigenvalue weighted by Gasteiger charge is -2.05. The van der Waals surface area contributed by atoms with Crippen LogP contribution in [0.1, 0.15) is 5.56 Å². The second-order valence-corrected chi connectivity index (χ2v) is 5.51. The van der Waals surface area contributed by atoms with Crippen molar-refractivity contribution >= 4 is 33.0 Å². The Balaban J connectivity index is 2.25. The molecule has 1 aromatic heterocycles. The molecule has 5 nitrogen and oxygen atoms in total. The first-order valence-corrected chi connectivity index (χ1v) is 6.21. The molecule has 2 rings (SSSR count). The lowest BCUT2D eigenvalue weighted by atomic mass is 10.2. The molecule has 0 radical (unpaired) electrons. The highest BCUT2D eigenvalue weighted by atomic mass is 79.9. The third-order valence-corrected chi connectivity index (χ3v) is 3.39. The van der Waals surface area contributed by atoms with E-state index in [1.54, 1.807) is 19.2 Å². The monoisotopic (exact) mass is 314 g/mol. The summed E-state index contributed by atoms with van der Waals surface area (Å²) in [5, 5.41) is 11.2. The maximum absolute atomic E-state index is 10.6. The first kappa shape index (κ1) is 12.0. The number of halogens is 1. The van der Waals surface area contributed by atoms with Gasteiger partial charge in [-0.3, -0.25) is 10.1 Å². The number of nitrogens with zero attached hydrogens (tertiary/aromatic N) is 2. The normalized spacial score (nSPS) is 10.2. The van der Waals surface area contributed by atoms with Crippen molar-refractivity contribution in [3.8, 4) is 10.8 Å². The number of ether oxygens (including phenoxy) is 1. The molecule has 7 heteroatoms. The standard InChI is InChI=1S/C10H7BrN2O3S/c1-6-4-7(13(14)15)2-3-8(6)16-9-5-12-10(11)17-9/h2-5H,1H3. The Kier molecular flexibility index (Phi) is 3.39. The van der Waals surface area contributed by atoms with Crippen molar-refractivity contribution in [1.29, 1.82) is 0 Å². The maximum Gasteiger partial charge on any atom is 0.269 e. The number of thiazole rings is 1. The highest BCUT2D eigenvalue weighted by Crippen LogP contribution is 2.32. The van der Waals surface area contributed by atoms with E-state index in [1.165, 1.54) is 23.5 Å². The molecule has 0 saturated carbocycles. The molecule has 0 bridgehead atoms. The molecule has 17 heavy (non-hydrogen) atoms. The van der Waals surface area contributed by atoms with Crippen LogP contribution < -0.4 is 4.74 Å². The van der Waals surface area contributed by atoms with Crippen LogP contribution in [0.5, 0.6) is 10.8 Å². The first-order valence-electron chi connectivity index (χ1n) is 4.60. The van der Waals surface area contributed by atoms with Gasteiger partial charge in [0.05, 0.1) is 11.1 Å². The number of non-ortho nitro benzene ring substituents is 1. The molecule has 0 amide bonds. The van der Waals surface area contributed by atoms with E-state index in [-0.39, 0.29) is 5.69 Å². The summed E-state index contributed by atoms with van der Waals surface area (Å²) in [4.78, 5) is 14.1. The number of rotatable bonds is 3. The molecule has 0 saturated heterocycles. The Labute approximate surface area is 109 Å². The topological polar surface area (TPSA) is 65.3 Å². The fourth-order valence-corrected chi connectivity index (χ4v) is 2.35. The van der Waals surface area contributed by atoms with Gasteiger partial charge in [-0.15, -0.1) is 0 Å². The van der Waals surface area contributed by atoms with Crippen LogP contribution in [0.3, 0.4) is 0 Å². The second kappa shape index (κ2) is 4.80. The van der Waals surface area contributed by atoms with E-state index < -0.39 is 4.92 Å². The zero-order chi connectivity index (χ0) is 12.4. The van der Waals surface area contributed by atoms with Crippen LogP contribution in [0.15, 0.2) is 28.3 Å². The third kappa shape index (κ3) is 2.80. The van der Waals surface area contributed by atoms with Crippen LogP contribution in [-0.4, -0.2) is 9.91 Å². The van der Waals surface area contributed by atoms with Gasteiger partial charge in [-0.05, 0) is 34.5 Å². The highest BCUT2D eigenvalue weighted by Gasteiger charge is 2.10. The van der Waals surface area contributed by atoms with Gasteiger partial charge in [-0.25, -0.2) is 4.98 Å². The van der Waals surface area contributed by atoms with Crippen molar-refractivity contribution in [2.45, 2.75) is 6.92 Å². The van der Waals surface area contributed by atoms with Crippen molar-refractivity contribution in [2.24, 2.45) is 0 Å². The van der Waals surface area contributed by atoms with E-state index in [4.69, 9.17) is 4.74 Å². The molecule has 0 atom stereocenters. The van der Waals surface area contributed by atoms with Gasteiger partial charge in [-0.1, -0.05) is 11.3 Å². The number of nitro groups is 1. The van der Waals surface area contributed by atoms with Crippen molar-refractivity contribution in [1.82, 2.24) is 4.98 Å². The average molecular weight is 315 g/mol. The van der Waals surface area contributed by atoms with Crippen LogP contribution in [0.4, 0.5) is 5.69 Å². The summed E-state index contributed by atoms with van der Waals surface area (Å²) in [5.74, 6) is 0.590. The molecule has 0 N–H and O–H groups in total. The van der Waals surface area contributed by atoms with E-state index in [1.807, 2.05) is 0 Å². The van der Waals surface area contributed by atoms with Gasteiger partial charge in [0.25, 0.3) is 5.69 Å². The highest BCUT2D eigenvalue weighted by molar-refractivity contribution is 9.11. The van der Waals surface area contributed by atoms with Crippen LogP contribution in [-0.2, 0) is 0 Å². The summed E-state index contributed by atoms with van der Waals surface area (Å²) in [6.45, 7) is 1.76. The van der Waals surface area contributed by atoms with E-state index in [2.05, 4.69) is 20.9 Å². The fraction of sp³-hybridized carbons (Fsp3) is 0.100. The van der Waals surface area contributed by atoms with Gasteiger partial charge >= 0.3 is 0 Å². The van der Waals surface area contributed by atoms with Crippen LogP contribution in [0, 0.1) is 17.0 Å². The number of aromatic nitrogens is 1. The Hall–Kier alpha value is -1.47. The lowest BCUT2D eigenvalue weighted by molar-refractivity contribution is -0.384. The fourth-order valence-electron chi connectivity index (χ4n) is 1.26. The summed E-state index contributed by atoms with van der Waals surface area (Å²) >= 11 is 4.58. The number of hydrogen-bond acceptors (Lipinski definition) is 5. The Bertz CT molecular complexity index is 570. The molecule has 1 aromatic carbocycles. The molecule has 1 heterocycles. The third-order valence-electron chi connectivity index (χ3n) is 2.04. The largest absolute Gasteiger partial charge is 0.445 e. The molecule has 0 aliphatic rings. The minimum absolute atomic E-state index is 0.0559. The minimum Gasteiger partial charge on any atom is -0.445 e. The first-order chi connectivity index (χ1) is 8.06. The molecule has 0 aliphatic heterocycles. The van der Waals surface area contributed by atoms with Crippen molar-refractivity contribution in [3.63, 3.8) is 0 Å². The molecule has 0 spiro atoms. The molecular weight excluding hydrogens is 308 g/mol. The molecule has 2 aromatic rings. The van der Waals surface area contributed by atoms with Crippen LogP contribution >= 0.6 is 27.3 Å². The van der Waals surface area contributed by atoms with Crippen molar-refractivity contribution in [2.75, 3.05) is 0 Å². The van der Waals surface area contributed by atoms with Gasteiger partial charge < -0.3 is 4.74 Å². The average Bonchev–Trinajstić information content (AvgIpc) is 2.67. The van der Waals surface area contributed by atoms with Gasteiger partial charge in [0, 0.05) is 12.1 Å². The molecule has 0 fully saturated rings. The maximum atomic E-state index is 10.6. The SMILES string of the molecule is Cc1cc([N+](=O)[O-])ccc1Oc1cnc(Br)s1. The van der Waals surface area contributed by atoms with Gasteiger partial charge in [0.1, 0.15) is 5.75 Å². The summed E-state index contributed by atoms with van der Waals surface area (Å²) in [7, 11) is 0. The van der Waals surface area contributed by atoms with Gasteiger partial charge in [0.15, 0.2) is 3.92 Å². The lowest BCUT2D eigenvalue weighted by Crippen LogP contribution is -1.90. The number of hydrogen-bond donors (Lipinski definition) is 0. The van der Waals surface area contributed by atoms with Crippen LogP contribution in [0.25, 0.3) is 0 Å². The van der Waals surface area contributed by atoms with E-state index in [0.29, 0.717) is 16.4 Å². The summed E-state index contributed by atoms with van der Waals surface area (Å²) in [5.41, 5.74) is 0.768. The predicted molar refractivity (Wildman–Crippen MR) is 67.7 cm³/mol. The Morgan fingerprint density at radius 1 is 1.53 bits per heavy atom. The Morgan fingerprint density at radius 2 is 2.29 bits per heavy atom. The van der Waals surface area contributed by atoms with E-state index in [0.717, 1.165) is 3.92 Å². The summed E-state index contributed by atoms with van der Waals surface area (Å²) in [6.07, 6.45) is 1.59. The number of aryl methyl sites for hydroxylation is 1. The zero-order valence-corrected chi connectivity index (χ0v) is 11.1. The molecule has 0 unspecified atom stereocenters. The predicted octanol–water partition coefficient (Wildman–Crippen LogP) is 3.91. The van der Waals surface area contributed by atoms with Crippen LogP contribution in [0.2, 0.25) is 0 Å². The number of benzene rings is 1. The Morgan fingerprint density at radius 3 is 2.82 bits per heavy atom.